The summed E-state index contributed by atoms with van der Waals surface area (Å²) in [5.41, 5.74) is 0.962. The van der Waals surface area contributed by atoms with Crippen LogP contribution < -0.4 is 4.74 Å². The van der Waals surface area contributed by atoms with Gasteiger partial charge < -0.3 is 58.5 Å². The first-order valence-corrected chi connectivity index (χ1v) is 20.7. The summed E-state index contributed by atoms with van der Waals surface area (Å²) in [5.74, 6) is -2.57. The molecule has 4 rings (SSSR count). The maximum Gasteiger partial charge on any atom is 0.410 e. The fourth-order valence-corrected chi connectivity index (χ4v) is 6.09. The van der Waals surface area contributed by atoms with Crippen LogP contribution in [-0.2, 0) is 65.9 Å². The molecule has 1 fully saturated rings. The molecule has 22 nitrogen and oxygen atoms in total. The molecule has 3 amide bonds. The van der Waals surface area contributed by atoms with Crippen LogP contribution in [0.3, 0.4) is 0 Å². The molecule has 328 valence electrons. The molecule has 4 N–H and O–H groups in total. The van der Waals surface area contributed by atoms with Gasteiger partial charge in [-0.2, -0.15) is 0 Å². The highest BCUT2D eigenvalue weighted by atomic mass is 32.2. The maximum absolute atomic E-state index is 13.0. The minimum Gasteiger partial charge on any atom is -0.479 e. The van der Waals surface area contributed by atoms with Crippen LogP contribution in [0.2, 0.25) is 0 Å². The Kier molecular flexibility index (Phi) is 18.1. The number of aliphatic carboxylic acids is 1. The number of rotatable bonds is 25. The van der Waals surface area contributed by atoms with Crippen molar-refractivity contribution in [2.24, 2.45) is 5.92 Å². The van der Waals surface area contributed by atoms with E-state index in [0.717, 1.165) is 11.2 Å². The van der Waals surface area contributed by atoms with Crippen molar-refractivity contribution < 1.29 is 81.2 Å². The van der Waals surface area contributed by atoms with Crippen molar-refractivity contribution in [2.45, 2.75) is 57.8 Å². The van der Waals surface area contributed by atoms with Gasteiger partial charge in [0.1, 0.15) is 51.9 Å². The van der Waals surface area contributed by atoms with Crippen molar-refractivity contribution in [2.75, 3.05) is 77.9 Å². The molecule has 1 saturated heterocycles. The van der Waals surface area contributed by atoms with E-state index < -0.39 is 52.6 Å². The Labute approximate surface area is 340 Å². The smallest absolute Gasteiger partial charge is 0.410 e. The summed E-state index contributed by atoms with van der Waals surface area (Å²) in [6.07, 6.45) is -5.11. The van der Waals surface area contributed by atoms with E-state index in [9.17, 15) is 48.0 Å². The van der Waals surface area contributed by atoms with Crippen molar-refractivity contribution in [1.82, 2.24) is 24.8 Å². The summed E-state index contributed by atoms with van der Waals surface area (Å²) in [6.45, 7) is 5.64. The van der Waals surface area contributed by atoms with Gasteiger partial charge >= 0.3 is 12.1 Å². The Morgan fingerprint density at radius 3 is 2.14 bits per heavy atom. The van der Waals surface area contributed by atoms with E-state index in [1.807, 2.05) is 13.8 Å². The zero-order valence-electron chi connectivity index (χ0n) is 32.9. The van der Waals surface area contributed by atoms with Crippen molar-refractivity contribution in [1.29, 1.82) is 0 Å². The number of carboxylic acids is 1. The lowest BCUT2D eigenvalue weighted by molar-refractivity contribution is -0.271. The van der Waals surface area contributed by atoms with Crippen LogP contribution in [0.25, 0.3) is 5.69 Å². The average Bonchev–Trinajstić information content (AvgIpc) is 3.79. The van der Waals surface area contributed by atoms with E-state index >= 15 is 0 Å². The van der Waals surface area contributed by atoms with E-state index in [1.165, 1.54) is 46.1 Å². The quantitative estimate of drug-likeness (QED) is 0.0665. The summed E-state index contributed by atoms with van der Waals surface area (Å²) in [5, 5.41) is 48.7. The zero-order chi connectivity index (χ0) is 43.1. The summed E-state index contributed by atoms with van der Waals surface area (Å²) < 4.78 is 63.4. The standard InChI is InChI=1S/C36H51N5O17S/c1-23(2)19-39(9-17-59(3,50)51)36(49)56-21-24-4-5-27(57-35-32(46)30(44)31(45)33(58-35)34(47)48)26(18-24)41-20-25(37-38-41)22-55-16-15-54-14-13-53-12-11-52-10-8-40-28(42)6-7-29(40)43/h4-7,18,20,23,30-33,35,44-46H,8-17,19,21-22H2,1-3H3,(H,47,48)/t30-,31-,32+,33-,35+/m0/s1. The number of carbonyl (C=O) groups is 4. The maximum atomic E-state index is 13.0. The predicted octanol–water partition coefficient (Wildman–Crippen LogP) is -1.33. The average molecular weight is 858 g/mol. The highest BCUT2D eigenvalue weighted by Gasteiger charge is 2.48. The van der Waals surface area contributed by atoms with E-state index in [1.54, 1.807) is 0 Å². The number of imide groups is 1. The van der Waals surface area contributed by atoms with Crippen LogP contribution in [0.1, 0.15) is 25.1 Å². The molecular weight excluding hydrogens is 806 g/mol. The number of carbonyl (C=O) groups excluding carboxylic acids is 3. The fraction of sp³-hybridized carbons (Fsp3) is 0.611. The van der Waals surface area contributed by atoms with Gasteiger partial charge in [-0.3, -0.25) is 14.5 Å². The van der Waals surface area contributed by atoms with Gasteiger partial charge in [-0.15, -0.1) is 5.10 Å². The van der Waals surface area contributed by atoms with Gasteiger partial charge in [0.15, 0.2) is 6.10 Å². The Balaban J connectivity index is 1.31. The number of aromatic nitrogens is 3. The second-order valence-electron chi connectivity index (χ2n) is 13.9. The highest BCUT2D eigenvalue weighted by Crippen LogP contribution is 2.30. The lowest BCUT2D eigenvalue weighted by Gasteiger charge is -2.38. The van der Waals surface area contributed by atoms with Crippen LogP contribution in [-0.4, -0.2) is 186 Å². The van der Waals surface area contributed by atoms with Crippen molar-refractivity contribution in [3.8, 4) is 11.4 Å². The number of ether oxygens (including phenoxy) is 7. The molecule has 59 heavy (non-hydrogen) atoms. The zero-order valence-corrected chi connectivity index (χ0v) is 33.7. The molecule has 23 heteroatoms. The Hall–Kier alpha value is -4.59. The molecule has 1 aromatic carbocycles. The van der Waals surface area contributed by atoms with Crippen molar-refractivity contribution in [3.05, 3.63) is 47.8 Å². The Bertz CT molecular complexity index is 1840. The van der Waals surface area contributed by atoms with Gasteiger partial charge in [0.2, 0.25) is 6.29 Å². The fourth-order valence-electron chi connectivity index (χ4n) is 5.54. The molecule has 2 aromatic rings. The minimum absolute atomic E-state index is 0.0172. The number of aliphatic hydroxyl groups excluding tert-OH is 3. The highest BCUT2D eigenvalue weighted by molar-refractivity contribution is 7.90. The molecule has 0 bridgehead atoms. The second kappa shape index (κ2) is 22.7. The molecule has 2 aliphatic rings. The number of aliphatic hydroxyl groups is 3. The Morgan fingerprint density at radius 1 is 0.898 bits per heavy atom. The van der Waals surface area contributed by atoms with E-state index in [4.69, 9.17) is 33.2 Å². The lowest BCUT2D eigenvalue weighted by atomic mass is 9.99. The molecule has 2 aliphatic heterocycles. The largest absolute Gasteiger partial charge is 0.479 e. The molecule has 1 aromatic heterocycles. The third-order valence-corrected chi connectivity index (χ3v) is 9.46. The van der Waals surface area contributed by atoms with Gasteiger partial charge in [-0.1, -0.05) is 25.1 Å². The molecule has 5 atom stereocenters. The number of amides is 3. The molecule has 0 aliphatic carbocycles. The van der Waals surface area contributed by atoms with Crippen LogP contribution in [0.15, 0.2) is 36.5 Å². The third kappa shape index (κ3) is 14.9. The van der Waals surface area contributed by atoms with Crippen LogP contribution >= 0.6 is 0 Å². The first-order chi connectivity index (χ1) is 28.0. The first kappa shape index (κ1) is 47.1. The normalized spacial score (nSPS) is 20.7. The number of nitrogens with zero attached hydrogens (tertiary/aromatic N) is 5. The topological polar surface area (TPSA) is 285 Å². The molecular formula is C36H51N5O17S. The molecule has 0 saturated carbocycles. The van der Waals surface area contributed by atoms with Gasteiger partial charge in [0.05, 0.1) is 71.3 Å². The number of hydrogen-bond acceptors (Lipinski definition) is 18. The van der Waals surface area contributed by atoms with E-state index in [2.05, 4.69) is 10.3 Å². The number of sulfone groups is 1. The van der Waals surface area contributed by atoms with E-state index in [-0.39, 0.29) is 101 Å². The monoisotopic (exact) mass is 857 g/mol. The summed E-state index contributed by atoms with van der Waals surface area (Å²) in [4.78, 5) is 50.1. The van der Waals surface area contributed by atoms with Gasteiger partial charge in [0.25, 0.3) is 11.8 Å². The molecule has 3 heterocycles. The van der Waals surface area contributed by atoms with Gasteiger partial charge in [-0.05, 0) is 23.6 Å². The third-order valence-electron chi connectivity index (χ3n) is 8.53. The van der Waals surface area contributed by atoms with Crippen LogP contribution in [0.5, 0.6) is 5.75 Å². The summed E-state index contributed by atoms with van der Waals surface area (Å²) in [6, 6.07) is 4.43. The molecule has 0 spiro atoms. The number of carboxylic acid groups (broad SMARTS) is 1. The van der Waals surface area contributed by atoms with Crippen molar-refractivity contribution in [3.63, 3.8) is 0 Å². The SMILES string of the molecule is CC(C)CN(CCS(C)(=O)=O)C(=O)OCc1ccc(O[C@@H]2O[C@H](C(=O)O)[C@@H](O)[C@H](O)[C@H]2O)c(-n2cc(COCCOCCOCCOCCN3C(=O)C=CC3=O)nn2)c1. The lowest BCUT2D eigenvalue weighted by Crippen LogP contribution is -2.61. The predicted molar refractivity (Wildman–Crippen MR) is 201 cm³/mol. The Morgan fingerprint density at radius 2 is 1.53 bits per heavy atom. The second-order valence-corrected chi connectivity index (χ2v) is 16.1. The summed E-state index contributed by atoms with van der Waals surface area (Å²) in [7, 11) is -3.35. The first-order valence-electron chi connectivity index (χ1n) is 18.6. The van der Waals surface area contributed by atoms with Gasteiger partial charge in [-0.25, -0.2) is 22.7 Å². The number of hydrogen-bond donors (Lipinski definition) is 4. The van der Waals surface area contributed by atoms with E-state index in [0.29, 0.717) is 24.5 Å². The van der Waals surface area contributed by atoms with Crippen LogP contribution in [0.4, 0.5) is 4.79 Å². The number of benzene rings is 1. The van der Waals surface area contributed by atoms with Crippen LogP contribution in [0, 0.1) is 5.92 Å². The minimum atomic E-state index is -3.35. The molecule has 0 unspecified atom stereocenters. The van der Waals surface area contributed by atoms with Gasteiger partial charge in [0, 0.05) is 31.5 Å². The van der Waals surface area contributed by atoms with Crippen molar-refractivity contribution >= 4 is 33.7 Å². The molecule has 0 radical (unpaired) electrons. The summed E-state index contributed by atoms with van der Waals surface area (Å²) >= 11 is 0.